The molecule has 2 N–H and O–H groups in total. The number of methoxy groups -OCH3 is 1. The van der Waals surface area contributed by atoms with Crippen LogP contribution >= 0.6 is 0 Å². The molecule has 17 heavy (non-hydrogen) atoms. The standard InChI is InChI=1S/C9H16FNO4.C2H6/c1-5(2)4-6(9(13)14)11-8(12)7(10)15-3;1-2/h5-7H,4H2,1-3H3,(H,11,12)(H,13,14);1-2H3. The molecule has 0 spiro atoms. The van der Waals surface area contributed by atoms with E-state index in [1.165, 1.54) is 0 Å². The van der Waals surface area contributed by atoms with Gasteiger partial charge in [-0.3, -0.25) is 4.79 Å². The molecule has 0 heterocycles. The molecule has 0 aromatic rings. The van der Waals surface area contributed by atoms with Crippen LogP contribution < -0.4 is 5.32 Å². The van der Waals surface area contributed by atoms with Crippen LogP contribution in [0.4, 0.5) is 4.39 Å². The normalized spacial score (nSPS) is 13.4. The number of carboxylic acids is 1. The molecule has 0 aliphatic heterocycles. The maximum Gasteiger partial charge on any atom is 0.326 e. The Labute approximate surface area is 101 Å². The van der Waals surface area contributed by atoms with Crippen LogP contribution in [-0.2, 0) is 14.3 Å². The molecule has 0 rings (SSSR count). The number of hydrogen-bond acceptors (Lipinski definition) is 3. The zero-order chi connectivity index (χ0) is 14.0. The molecule has 0 bridgehead atoms. The number of rotatable bonds is 6. The van der Waals surface area contributed by atoms with E-state index in [2.05, 4.69) is 10.1 Å². The fraction of sp³-hybridized carbons (Fsp3) is 0.818. The van der Waals surface area contributed by atoms with Gasteiger partial charge in [-0.15, -0.1) is 0 Å². The smallest absolute Gasteiger partial charge is 0.326 e. The number of halogens is 1. The average molecular weight is 251 g/mol. The van der Waals surface area contributed by atoms with Crippen molar-refractivity contribution in [2.75, 3.05) is 7.11 Å². The van der Waals surface area contributed by atoms with E-state index in [0.717, 1.165) is 7.11 Å². The Balaban J connectivity index is 0. The molecule has 0 radical (unpaired) electrons. The highest BCUT2D eigenvalue weighted by Crippen LogP contribution is 2.05. The maximum atomic E-state index is 12.7. The van der Waals surface area contributed by atoms with E-state index in [-0.39, 0.29) is 12.3 Å². The summed E-state index contributed by atoms with van der Waals surface area (Å²) in [6.45, 7) is 7.62. The third-order valence-electron chi connectivity index (χ3n) is 1.73. The minimum atomic E-state index is -2.13. The van der Waals surface area contributed by atoms with E-state index in [9.17, 15) is 14.0 Å². The number of carboxylic acid groups (broad SMARTS) is 1. The highest BCUT2D eigenvalue weighted by atomic mass is 19.1. The minimum Gasteiger partial charge on any atom is -0.480 e. The monoisotopic (exact) mass is 251 g/mol. The summed E-state index contributed by atoms with van der Waals surface area (Å²) < 4.78 is 16.8. The first-order valence-corrected chi connectivity index (χ1v) is 5.58. The Hall–Kier alpha value is -1.17. The van der Waals surface area contributed by atoms with Crippen LogP contribution in [0.2, 0.25) is 0 Å². The van der Waals surface area contributed by atoms with Gasteiger partial charge in [0.1, 0.15) is 6.04 Å². The summed E-state index contributed by atoms with van der Waals surface area (Å²) in [4.78, 5) is 21.7. The van der Waals surface area contributed by atoms with Gasteiger partial charge in [-0.25, -0.2) is 9.18 Å². The van der Waals surface area contributed by atoms with Gasteiger partial charge in [0, 0.05) is 7.11 Å². The summed E-state index contributed by atoms with van der Waals surface area (Å²) in [5, 5.41) is 10.8. The molecule has 6 heteroatoms. The van der Waals surface area contributed by atoms with E-state index in [1.54, 1.807) is 0 Å². The van der Waals surface area contributed by atoms with Crippen LogP contribution in [0.1, 0.15) is 34.1 Å². The molecular formula is C11H22FNO4. The fourth-order valence-electron chi connectivity index (χ4n) is 1.04. The zero-order valence-corrected chi connectivity index (χ0v) is 11.0. The zero-order valence-electron chi connectivity index (χ0n) is 11.0. The molecule has 0 aliphatic carbocycles. The van der Waals surface area contributed by atoms with E-state index in [1.807, 2.05) is 27.7 Å². The summed E-state index contributed by atoms with van der Waals surface area (Å²) in [7, 11) is 1.03. The Bertz CT molecular complexity index is 234. The number of hydrogen-bond donors (Lipinski definition) is 2. The molecule has 0 fully saturated rings. The molecule has 0 aliphatic rings. The summed E-state index contributed by atoms with van der Waals surface area (Å²) in [6.07, 6.45) is -1.88. The molecule has 0 saturated heterocycles. The third kappa shape index (κ3) is 8.62. The van der Waals surface area contributed by atoms with Crippen molar-refractivity contribution in [3.05, 3.63) is 0 Å². The van der Waals surface area contributed by atoms with Crippen molar-refractivity contribution in [3.63, 3.8) is 0 Å². The van der Waals surface area contributed by atoms with E-state index < -0.39 is 24.3 Å². The summed E-state index contributed by atoms with van der Waals surface area (Å²) in [6, 6.07) is -1.08. The molecule has 0 aromatic carbocycles. The van der Waals surface area contributed by atoms with Crippen molar-refractivity contribution < 1.29 is 23.8 Å². The van der Waals surface area contributed by atoms with Gasteiger partial charge in [-0.2, -0.15) is 0 Å². The quantitative estimate of drug-likeness (QED) is 0.751. The third-order valence-corrected chi connectivity index (χ3v) is 1.73. The second-order valence-corrected chi connectivity index (χ2v) is 3.58. The predicted molar refractivity (Wildman–Crippen MR) is 62.3 cm³/mol. The molecule has 0 saturated carbocycles. The van der Waals surface area contributed by atoms with E-state index in [4.69, 9.17) is 5.11 Å². The van der Waals surface area contributed by atoms with Crippen LogP contribution in [-0.4, -0.2) is 36.5 Å². The molecule has 102 valence electrons. The van der Waals surface area contributed by atoms with Gasteiger partial charge < -0.3 is 15.2 Å². The number of nitrogens with one attached hydrogen (secondary N) is 1. The topological polar surface area (TPSA) is 75.6 Å². The maximum absolute atomic E-state index is 12.7. The molecular weight excluding hydrogens is 229 g/mol. The minimum absolute atomic E-state index is 0.0898. The van der Waals surface area contributed by atoms with Gasteiger partial charge in [-0.05, 0) is 12.3 Å². The van der Waals surface area contributed by atoms with Crippen molar-refractivity contribution in [2.45, 2.75) is 46.5 Å². The molecule has 1 amide bonds. The van der Waals surface area contributed by atoms with Crippen LogP contribution in [0.25, 0.3) is 0 Å². The highest BCUT2D eigenvalue weighted by Gasteiger charge is 2.25. The Morgan fingerprint density at radius 1 is 1.35 bits per heavy atom. The number of alkyl halides is 1. The number of amides is 1. The second kappa shape index (κ2) is 10.0. The lowest BCUT2D eigenvalue weighted by molar-refractivity contribution is -0.148. The molecule has 5 nitrogen and oxygen atoms in total. The van der Waals surface area contributed by atoms with Gasteiger partial charge in [0.2, 0.25) is 0 Å². The van der Waals surface area contributed by atoms with E-state index >= 15 is 0 Å². The van der Waals surface area contributed by atoms with Gasteiger partial charge in [-0.1, -0.05) is 27.7 Å². The Morgan fingerprint density at radius 2 is 1.82 bits per heavy atom. The second-order valence-electron chi connectivity index (χ2n) is 3.58. The Kier molecular flexibility index (Phi) is 10.7. The number of ether oxygens (including phenoxy) is 1. The van der Waals surface area contributed by atoms with Crippen molar-refractivity contribution in [2.24, 2.45) is 5.92 Å². The lowest BCUT2D eigenvalue weighted by atomic mass is 10.0. The van der Waals surface area contributed by atoms with Crippen LogP contribution in [0.3, 0.4) is 0 Å². The first kappa shape index (κ1) is 18.2. The molecule has 0 aromatic heterocycles. The lowest BCUT2D eigenvalue weighted by Crippen LogP contribution is -2.45. The molecule has 2 unspecified atom stereocenters. The SMILES string of the molecule is CC.COC(F)C(=O)NC(CC(C)C)C(=O)O. The molecule has 2 atom stereocenters. The van der Waals surface area contributed by atoms with Crippen LogP contribution in [0, 0.1) is 5.92 Å². The van der Waals surface area contributed by atoms with Crippen LogP contribution in [0.5, 0.6) is 0 Å². The Morgan fingerprint density at radius 3 is 2.12 bits per heavy atom. The van der Waals surface area contributed by atoms with Crippen molar-refractivity contribution in [3.8, 4) is 0 Å². The fourth-order valence-corrected chi connectivity index (χ4v) is 1.04. The first-order chi connectivity index (χ1) is 7.88. The summed E-state index contributed by atoms with van der Waals surface area (Å²) >= 11 is 0. The number of aliphatic carboxylic acids is 1. The summed E-state index contributed by atoms with van der Waals surface area (Å²) in [5.41, 5.74) is 0. The highest BCUT2D eigenvalue weighted by molar-refractivity contribution is 5.85. The van der Waals surface area contributed by atoms with Gasteiger partial charge in [0.25, 0.3) is 12.3 Å². The van der Waals surface area contributed by atoms with Gasteiger partial charge in [0.05, 0.1) is 0 Å². The average Bonchev–Trinajstić information content (AvgIpc) is 2.28. The van der Waals surface area contributed by atoms with Gasteiger partial charge in [0.15, 0.2) is 0 Å². The van der Waals surface area contributed by atoms with Crippen molar-refractivity contribution in [1.29, 1.82) is 0 Å². The lowest BCUT2D eigenvalue weighted by Gasteiger charge is -2.17. The van der Waals surface area contributed by atoms with Crippen molar-refractivity contribution in [1.82, 2.24) is 5.32 Å². The number of carbonyl (C=O) groups excluding carboxylic acids is 1. The summed E-state index contributed by atoms with van der Waals surface area (Å²) in [5.74, 6) is -2.15. The largest absolute Gasteiger partial charge is 0.480 e. The number of carbonyl (C=O) groups is 2. The van der Waals surface area contributed by atoms with Crippen LogP contribution in [0.15, 0.2) is 0 Å². The van der Waals surface area contributed by atoms with Crippen molar-refractivity contribution >= 4 is 11.9 Å². The first-order valence-electron chi connectivity index (χ1n) is 5.58. The van der Waals surface area contributed by atoms with Gasteiger partial charge >= 0.3 is 5.97 Å². The van der Waals surface area contributed by atoms with E-state index in [0.29, 0.717) is 0 Å². The predicted octanol–water partition coefficient (Wildman–Crippen LogP) is 1.57.